The number of rotatable bonds is 4. The van der Waals surface area contributed by atoms with Crippen LogP contribution in [0.15, 0.2) is 47.2 Å². The van der Waals surface area contributed by atoms with Crippen molar-refractivity contribution in [1.82, 2.24) is 20.0 Å². The molecule has 2 N–H and O–H groups in total. The van der Waals surface area contributed by atoms with Gasteiger partial charge in [-0.15, -0.1) is 0 Å². The SMILES string of the molecule is Cc1nc(CNC(=O)Nc2ccc(F)c(-n3cccc3)c2)no1. The Labute approximate surface area is 131 Å². The highest BCUT2D eigenvalue weighted by atomic mass is 19.1. The number of amides is 2. The van der Waals surface area contributed by atoms with Crippen molar-refractivity contribution in [2.45, 2.75) is 13.5 Å². The highest BCUT2D eigenvalue weighted by Gasteiger charge is 2.09. The molecular formula is C15H14FN5O2. The van der Waals surface area contributed by atoms with E-state index in [4.69, 9.17) is 4.52 Å². The van der Waals surface area contributed by atoms with Gasteiger partial charge in [0.25, 0.3) is 0 Å². The lowest BCUT2D eigenvalue weighted by molar-refractivity contribution is 0.251. The lowest BCUT2D eigenvalue weighted by atomic mass is 10.2. The number of benzene rings is 1. The van der Waals surface area contributed by atoms with Gasteiger partial charge in [-0.05, 0) is 30.3 Å². The average Bonchev–Trinajstić information content (AvgIpc) is 3.19. The highest BCUT2D eigenvalue weighted by molar-refractivity contribution is 5.89. The molecule has 0 atom stereocenters. The summed E-state index contributed by atoms with van der Waals surface area (Å²) in [6.07, 6.45) is 3.45. The number of urea groups is 1. The fraction of sp³-hybridized carbons (Fsp3) is 0.133. The van der Waals surface area contributed by atoms with Crippen LogP contribution in [0.2, 0.25) is 0 Å². The predicted octanol–water partition coefficient (Wildman–Crippen LogP) is 2.63. The van der Waals surface area contributed by atoms with Gasteiger partial charge in [-0.1, -0.05) is 5.16 Å². The van der Waals surface area contributed by atoms with E-state index in [1.807, 2.05) is 0 Å². The summed E-state index contributed by atoms with van der Waals surface area (Å²) in [6.45, 7) is 1.80. The van der Waals surface area contributed by atoms with Crippen LogP contribution in [-0.4, -0.2) is 20.7 Å². The lowest BCUT2D eigenvalue weighted by Crippen LogP contribution is -2.28. The zero-order valence-electron chi connectivity index (χ0n) is 12.3. The van der Waals surface area contributed by atoms with Crippen molar-refractivity contribution < 1.29 is 13.7 Å². The topological polar surface area (TPSA) is 85.0 Å². The van der Waals surface area contributed by atoms with Crippen molar-refractivity contribution in [3.8, 4) is 5.69 Å². The van der Waals surface area contributed by atoms with E-state index in [0.717, 1.165) is 0 Å². The number of carbonyl (C=O) groups is 1. The molecule has 2 amide bonds. The molecule has 1 aromatic carbocycles. The maximum absolute atomic E-state index is 13.9. The van der Waals surface area contributed by atoms with E-state index in [9.17, 15) is 9.18 Å². The van der Waals surface area contributed by atoms with Crippen molar-refractivity contribution in [1.29, 1.82) is 0 Å². The van der Waals surface area contributed by atoms with Crippen molar-refractivity contribution in [3.05, 3.63) is 60.3 Å². The van der Waals surface area contributed by atoms with Crippen LogP contribution in [0.25, 0.3) is 5.69 Å². The number of hydrogen-bond donors (Lipinski definition) is 2. The van der Waals surface area contributed by atoms with Crippen LogP contribution >= 0.6 is 0 Å². The molecule has 0 aliphatic heterocycles. The van der Waals surface area contributed by atoms with Crippen LogP contribution in [0.4, 0.5) is 14.9 Å². The van der Waals surface area contributed by atoms with Crippen LogP contribution in [0, 0.1) is 12.7 Å². The summed E-state index contributed by atoms with van der Waals surface area (Å²) in [4.78, 5) is 15.8. The van der Waals surface area contributed by atoms with E-state index < -0.39 is 6.03 Å². The molecular weight excluding hydrogens is 301 g/mol. The minimum Gasteiger partial charge on any atom is -0.340 e. The number of nitrogens with zero attached hydrogens (tertiary/aromatic N) is 3. The fourth-order valence-electron chi connectivity index (χ4n) is 2.03. The summed E-state index contributed by atoms with van der Waals surface area (Å²) in [5, 5.41) is 8.90. The number of aromatic nitrogens is 3. The molecule has 0 bridgehead atoms. The minimum atomic E-state index is -0.447. The molecule has 118 valence electrons. The van der Waals surface area contributed by atoms with E-state index in [-0.39, 0.29) is 12.4 Å². The van der Waals surface area contributed by atoms with Gasteiger partial charge in [-0.3, -0.25) is 0 Å². The molecule has 7 nitrogen and oxygen atoms in total. The largest absolute Gasteiger partial charge is 0.340 e. The first kappa shape index (κ1) is 14.8. The van der Waals surface area contributed by atoms with E-state index >= 15 is 0 Å². The van der Waals surface area contributed by atoms with Gasteiger partial charge in [0.05, 0.1) is 12.2 Å². The van der Waals surface area contributed by atoms with E-state index in [1.54, 1.807) is 42.1 Å². The zero-order chi connectivity index (χ0) is 16.2. The Bertz CT molecular complexity index is 813. The third-order valence-electron chi connectivity index (χ3n) is 3.06. The molecule has 0 saturated carbocycles. The van der Waals surface area contributed by atoms with Gasteiger partial charge in [0, 0.05) is 25.0 Å². The Morgan fingerprint density at radius 1 is 1.35 bits per heavy atom. The quantitative estimate of drug-likeness (QED) is 0.775. The first-order valence-electron chi connectivity index (χ1n) is 6.89. The number of anilines is 1. The normalized spacial score (nSPS) is 10.5. The number of halogens is 1. The highest BCUT2D eigenvalue weighted by Crippen LogP contribution is 2.19. The molecule has 0 radical (unpaired) electrons. The monoisotopic (exact) mass is 315 g/mol. The van der Waals surface area contributed by atoms with Crippen LogP contribution in [-0.2, 0) is 6.54 Å². The van der Waals surface area contributed by atoms with Crippen LogP contribution < -0.4 is 10.6 Å². The van der Waals surface area contributed by atoms with Gasteiger partial charge in [0.2, 0.25) is 5.89 Å². The first-order chi connectivity index (χ1) is 11.1. The molecule has 0 aliphatic rings. The minimum absolute atomic E-state index is 0.134. The molecule has 0 fully saturated rings. The molecule has 3 rings (SSSR count). The van der Waals surface area contributed by atoms with Gasteiger partial charge < -0.3 is 19.7 Å². The molecule has 23 heavy (non-hydrogen) atoms. The van der Waals surface area contributed by atoms with Crippen molar-refractivity contribution in [2.75, 3.05) is 5.32 Å². The molecule has 3 aromatic rings. The van der Waals surface area contributed by atoms with Gasteiger partial charge in [0.15, 0.2) is 5.82 Å². The van der Waals surface area contributed by atoms with Gasteiger partial charge >= 0.3 is 6.03 Å². The van der Waals surface area contributed by atoms with E-state index in [2.05, 4.69) is 20.8 Å². The first-order valence-corrected chi connectivity index (χ1v) is 6.89. The number of aryl methyl sites for hydroxylation is 1. The molecule has 0 unspecified atom stereocenters. The summed E-state index contributed by atoms with van der Waals surface area (Å²) in [5.41, 5.74) is 0.818. The number of nitrogens with one attached hydrogen (secondary N) is 2. The Morgan fingerprint density at radius 3 is 2.83 bits per heavy atom. The summed E-state index contributed by atoms with van der Waals surface area (Å²) < 4.78 is 20.3. The van der Waals surface area contributed by atoms with Gasteiger partial charge in [-0.25, -0.2) is 9.18 Å². The Morgan fingerprint density at radius 2 is 2.13 bits per heavy atom. The van der Waals surface area contributed by atoms with Crippen LogP contribution in [0.3, 0.4) is 0 Å². The molecule has 0 spiro atoms. The Kier molecular flexibility index (Phi) is 4.05. The number of carbonyl (C=O) groups excluding carboxylic acids is 1. The molecule has 8 heteroatoms. The predicted molar refractivity (Wildman–Crippen MR) is 80.6 cm³/mol. The molecule has 0 saturated heterocycles. The second kappa shape index (κ2) is 6.30. The average molecular weight is 315 g/mol. The number of hydrogen-bond acceptors (Lipinski definition) is 4. The standard InChI is InChI=1S/C15H14FN5O2/c1-10-18-14(20-23-10)9-17-15(22)19-11-4-5-12(16)13(8-11)21-6-2-3-7-21/h2-8H,9H2,1H3,(H2,17,19,22). The second-order valence-corrected chi connectivity index (χ2v) is 4.79. The van der Waals surface area contributed by atoms with Crippen molar-refractivity contribution in [3.63, 3.8) is 0 Å². The van der Waals surface area contributed by atoms with Gasteiger partial charge in [0.1, 0.15) is 5.82 Å². The Hall–Kier alpha value is -3.16. The van der Waals surface area contributed by atoms with Crippen LogP contribution in [0.1, 0.15) is 11.7 Å². The van der Waals surface area contributed by atoms with Crippen molar-refractivity contribution in [2.24, 2.45) is 0 Å². The fourth-order valence-corrected chi connectivity index (χ4v) is 2.03. The second-order valence-electron chi connectivity index (χ2n) is 4.79. The third kappa shape index (κ3) is 3.54. The van der Waals surface area contributed by atoms with E-state index in [1.165, 1.54) is 12.1 Å². The molecule has 2 heterocycles. The molecule has 0 aliphatic carbocycles. The Balaban J connectivity index is 1.65. The smallest absolute Gasteiger partial charge is 0.319 e. The maximum Gasteiger partial charge on any atom is 0.319 e. The lowest BCUT2D eigenvalue weighted by Gasteiger charge is -2.10. The summed E-state index contributed by atoms with van der Waals surface area (Å²) in [7, 11) is 0. The van der Waals surface area contributed by atoms with E-state index in [0.29, 0.717) is 23.1 Å². The van der Waals surface area contributed by atoms with Crippen LogP contribution in [0.5, 0.6) is 0 Å². The molecule has 2 aromatic heterocycles. The maximum atomic E-state index is 13.9. The summed E-state index contributed by atoms with van der Waals surface area (Å²) in [5.74, 6) is 0.427. The van der Waals surface area contributed by atoms with Crippen molar-refractivity contribution >= 4 is 11.7 Å². The summed E-state index contributed by atoms with van der Waals surface area (Å²) in [6, 6.07) is 7.47. The third-order valence-corrected chi connectivity index (χ3v) is 3.06. The van der Waals surface area contributed by atoms with Gasteiger partial charge in [-0.2, -0.15) is 4.98 Å². The zero-order valence-corrected chi connectivity index (χ0v) is 12.3. The summed E-state index contributed by atoms with van der Waals surface area (Å²) >= 11 is 0.